The molecule has 0 spiro atoms. The lowest BCUT2D eigenvalue weighted by Gasteiger charge is -2.35. The van der Waals surface area contributed by atoms with Crippen molar-refractivity contribution in [1.82, 2.24) is 4.31 Å². The van der Waals surface area contributed by atoms with E-state index in [-0.39, 0.29) is 35.4 Å². The minimum atomic E-state index is -3.41. The Morgan fingerprint density at radius 2 is 1.80 bits per heavy atom. The third-order valence-corrected chi connectivity index (χ3v) is 7.65. The molecule has 8 heteroatoms. The summed E-state index contributed by atoms with van der Waals surface area (Å²) in [7, 11) is -6.47. The first kappa shape index (κ1) is 16.2. The molecule has 20 heavy (non-hydrogen) atoms. The van der Waals surface area contributed by atoms with Crippen molar-refractivity contribution < 1.29 is 21.6 Å². The minimum Gasteiger partial charge on any atom is -0.373 e. The molecule has 2 fully saturated rings. The Kier molecular flexibility index (Phi) is 4.78. The number of ether oxygens (including phenoxy) is 1. The lowest BCUT2D eigenvalue weighted by Crippen LogP contribution is -2.49. The molecule has 0 aliphatic carbocycles. The van der Waals surface area contributed by atoms with Crippen molar-refractivity contribution in [2.75, 3.05) is 30.3 Å². The second-order valence-corrected chi connectivity index (χ2v) is 10.2. The standard InChI is InChI=1S/C12H23NO5S2/c1-10-6-13(7-11(2)18-10)20(16,17)9-12-4-3-5-19(14,15)8-12/h10-12H,3-9H2,1-2H3. The Hall–Kier alpha value is -0.180. The zero-order valence-corrected chi connectivity index (χ0v) is 13.6. The van der Waals surface area contributed by atoms with Crippen molar-refractivity contribution >= 4 is 19.9 Å². The number of hydrogen-bond donors (Lipinski definition) is 0. The number of sulfone groups is 1. The van der Waals surface area contributed by atoms with Crippen LogP contribution in [0.2, 0.25) is 0 Å². The largest absolute Gasteiger partial charge is 0.373 e. The van der Waals surface area contributed by atoms with Gasteiger partial charge < -0.3 is 4.74 Å². The number of nitrogens with zero attached hydrogens (tertiary/aromatic N) is 1. The monoisotopic (exact) mass is 325 g/mol. The van der Waals surface area contributed by atoms with Crippen LogP contribution in [-0.2, 0) is 24.6 Å². The van der Waals surface area contributed by atoms with Crippen molar-refractivity contribution in [3.8, 4) is 0 Å². The van der Waals surface area contributed by atoms with E-state index in [9.17, 15) is 16.8 Å². The quantitative estimate of drug-likeness (QED) is 0.743. The SMILES string of the molecule is CC1CN(S(=O)(=O)CC2CCCS(=O)(=O)C2)CC(C)O1. The molecule has 0 radical (unpaired) electrons. The molecule has 2 saturated heterocycles. The van der Waals surface area contributed by atoms with E-state index in [2.05, 4.69) is 0 Å². The van der Waals surface area contributed by atoms with Crippen LogP contribution in [0.5, 0.6) is 0 Å². The summed E-state index contributed by atoms with van der Waals surface area (Å²) in [6.07, 6.45) is 0.999. The van der Waals surface area contributed by atoms with Gasteiger partial charge in [0.25, 0.3) is 0 Å². The van der Waals surface area contributed by atoms with Gasteiger partial charge in [0.15, 0.2) is 9.84 Å². The summed E-state index contributed by atoms with van der Waals surface area (Å²) >= 11 is 0. The zero-order valence-electron chi connectivity index (χ0n) is 12.0. The number of morpholine rings is 1. The van der Waals surface area contributed by atoms with E-state index in [1.165, 1.54) is 4.31 Å². The molecule has 0 bridgehead atoms. The molecule has 2 rings (SSSR count). The molecule has 2 aliphatic rings. The zero-order chi connectivity index (χ0) is 15.0. The third kappa shape index (κ3) is 4.16. The van der Waals surface area contributed by atoms with Crippen LogP contribution in [0.25, 0.3) is 0 Å². The molecule has 118 valence electrons. The van der Waals surface area contributed by atoms with Gasteiger partial charge in [0.2, 0.25) is 10.0 Å². The summed E-state index contributed by atoms with van der Waals surface area (Å²) in [5.74, 6) is -0.144. The first-order chi connectivity index (χ1) is 9.18. The van der Waals surface area contributed by atoms with Crippen LogP contribution in [0, 0.1) is 5.92 Å². The molecule has 3 atom stereocenters. The fourth-order valence-electron chi connectivity index (χ4n) is 3.01. The van der Waals surface area contributed by atoms with Crippen molar-refractivity contribution in [1.29, 1.82) is 0 Å². The summed E-state index contributed by atoms with van der Waals surface area (Å²) in [6, 6.07) is 0. The third-order valence-electron chi connectivity index (χ3n) is 3.78. The molecule has 0 aromatic heterocycles. The van der Waals surface area contributed by atoms with Crippen LogP contribution in [0.15, 0.2) is 0 Å². The predicted molar refractivity (Wildman–Crippen MR) is 76.7 cm³/mol. The molecule has 3 unspecified atom stereocenters. The fourth-order valence-corrected chi connectivity index (χ4v) is 6.90. The van der Waals surface area contributed by atoms with Gasteiger partial charge in [0, 0.05) is 13.1 Å². The van der Waals surface area contributed by atoms with E-state index in [0.29, 0.717) is 25.9 Å². The summed E-state index contributed by atoms with van der Waals surface area (Å²) in [5.41, 5.74) is 0. The second kappa shape index (κ2) is 5.90. The van der Waals surface area contributed by atoms with Crippen molar-refractivity contribution in [3.05, 3.63) is 0 Å². The van der Waals surface area contributed by atoms with Crippen LogP contribution in [0.1, 0.15) is 26.7 Å². The molecule has 0 saturated carbocycles. The van der Waals surface area contributed by atoms with Crippen LogP contribution in [0.3, 0.4) is 0 Å². The summed E-state index contributed by atoms with van der Waals surface area (Å²) in [4.78, 5) is 0. The minimum absolute atomic E-state index is 0.00166. The molecule has 0 N–H and O–H groups in total. The molecule has 0 amide bonds. The Morgan fingerprint density at radius 1 is 1.20 bits per heavy atom. The Morgan fingerprint density at radius 3 is 2.35 bits per heavy atom. The summed E-state index contributed by atoms with van der Waals surface area (Å²) in [6.45, 7) is 4.41. The van der Waals surface area contributed by atoms with Crippen LogP contribution in [-0.4, -0.2) is 63.7 Å². The normalized spacial score (nSPS) is 35.8. The first-order valence-corrected chi connectivity index (χ1v) is 10.4. The van der Waals surface area contributed by atoms with E-state index in [0.717, 1.165) is 0 Å². The van der Waals surface area contributed by atoms with Gasteiger partial charge in [-0.1, -0.05) is 0 Å². The molecule has 0 aromatic carbocycles. The maximum absolute atomic E-state index is 12.4. The molecule has 2 heterocycles. The average Bonchev–Trinajstić information content (AvgIpc) is 2.25. The molecule has 6 nitrogen and oxygen atoms in total. The van der Waals surface area contributed by atoms with Gasteiger partial charge in [-0.2, -0.15) is 4.31 Å². The van der Waals surface area contributed by atoms with Crippen LogP contribution >= 0.6 is 0 Å². The molecular formula is C12H23NO5S2. The fraction of sp³-hybridized carbons (Fsp3) is 1.00. The van der Waals surface area contributed by atoms with Crippen molar-refractivity contribution in [2.45, 2.75) is 38.9 Å². The maximum atomic E-state index is 12.4. The van der Waals surface area contributed by atoms with Gasteiger partial charge in [-0.15, -0.1) is 0 Å². The molecule has 2 aliphatic heterocycles. The van der Waals surface area contributed by atoms with Crippen molar-refractivity contribution in [3.63, 3.8) is 0 Å². The van der Waals surface area contributed by atoms with E-state index >= 15 is 0 Å². The number of hydrogen-bond acceptors (Lipinski definition) is 5. The van der Waals surface area contributed by atoms with Gasteiger partial charge in [0.05, 0.1) is 29.5 Å². The molecular weight excluding hydrogens is 302 g/mol. The Labute approximate surface area is 121 Å². The number of sulfonamides is 1. The van der Waals surface area contributed by atoms with Gasteiger partial charge >= 0.3 is 0 Å². The van der Waals surface area contributed by atoms with Crippen LogP contribution < -0.4 is 0 Å². The highest BCUT2D eigenvalue weighted by Gasteiger charge is 2.35. The smallest absolute Gasteiger partial charge is 0.214 e. The average molecular weight is 325 g/mol. The highest BCUT2D eigenvalue weighted by atomic mass is 32.2. The van der Waals surface area contributed by atoms with Gasteiger partial charge in [-0.3, -0.25) is 0 Å². The second-order valence-electron chi connectivity index (χ2n) is 5.98. The Bertz CT molecular complexity index is 532. The lowest BCUT2D eigenvalue weighted by molar-refractivity contribution is -0.0441. The maximum Gasteiger partial charge on any atom is 0.214 e. The van der Waals surface area contributed by atoms with E-state index in [1.54, 1.807) is 0 Å². The van der Waals surface area contributed by atoms with Gasteiger partial charge in [-0.25, -0.2) is 16.8 Å². The lowest BCUT2D eigenvalue weighted by atomic mass is 10.1. The van der Waals surface area contributed by atoms with E-state index < -0.39 is 19.9 Å². The predicted octanol–water partition coefficient (Wildman–Crippen LogP) is 0.250. The highest BCUT2D eigenvalue weighted by Crippen LogP contribution is 2.23. The van der Waals surface area contributed by atoms with Gasteiger partial charge in [-0.05, 0) is 32.6 Å². The Balaban J connectivity index is 2.03. The first-order valence-electron chi connectivity index (χ1n) is 7.02. The molecule has 0 aromatic rings. The topological polar surface area (TPSA) is 80.8 Å². The van der Waals surface area contributed by atoms with Crippen molar-refractivity contribution in [2.24, 2.45) is 5.92 Å². The summed E-state index contributed by atoms with van der Waals surface area (Å²) < 4.78 is 55.0. The van der Waals surface area contributed by atoms with Crippen LogP contribution in [0.4, 0.5) is 0 Å². The number of rotatable bonds is 3. The summed E-state index contributed by atoms with van der Waals surface area (Å²) in [5, 5.41) is 0. The van der Waals surface area contributed by atoms with E-state index in [4.69, 9.17) is 4.74 Å². The van der Waals surface area contributed by atoms with E-state index in [1.807, 2.05) is 13.8 Å². The highest BCUT2D eigenvalue weighted by molar-refractivity contribution is 7.91. The van der Waals surface area contributed by atoms with Gasteiger partial charge in [0.1, 0.15) is 0 Å².